The van der Waals surface area contributed by atoms with E-state index in [0.29, 0.717) is 32.6 Å². The Balaban J connectivity index is 1.52. The second-order valence-corrected chi connectivity index (χ2v) is 6.70. The van der Waals surface area contributed by atoms with Crippen LogP contribution in [0.2, 0.25) is 0 Å². The van der Waals surface area contributed by atoms with Crippen LogP contribution < -0.4 is 5.32 Å². The van der Waals surface area contributed by atoms with Gasteiger partial charge in [-0.1, -0.05) is 6.07 Å². The number of carbonyl (C=O) groups is 3. The van der Waals surface area contributed by atoms with Crippen molar-refractivity contribution in [3.63, 3.8) is 0 Å². The Hall–Kier alpha value is -2.37. The standard InChI is InChI=1S/C18H23N3O3/c1-12-3-4-14(9-13(12)2)19-17(23)15-10-16(15)18(24)21-7-5-20(11-22)6-8-21/h3-4,9,11,15-16H,5-8,10H2,1-2H3,(H,19,23). The number of carbonyl (C=O) groups excluding carboxylic acids is 3. The Morgan fingerprint density at radius 2 is 1.79 bits per heavy atom. The van der Waals surface area contributed by atoms with Gasteiger partial charge in [0, 0.05) is 31.9 Å². The van der Waals surface area contributed by atoms with Gasteiger partial charge in [-0.05, 0) is 43.5 Å². The summed E-state index contributed by atoms with van der Waals surface area (Å²) < 4.78 is 0. The molecule has 2 aliphatic rings. The van der Waals surface area contributed by atoms with Crippen molar-refractivity contribution in [1.29, 1.82) is 0 Å². The highest BCUT2D eigenvalue weighted by molar-refractivity contribution is 5.99. The number of hydrogen-bond acceptors (Lipinski definition) is 3. The molecule has 1 heterocycles. The van der Waals surface area contributed by atoms with Crippen LogP contribution in [0.25, 0.3) is 0 Å². The molecule has 2 atom stereocenters. The minimum Gasteiger partial charge on any atom is -0.342 e. The maximum absolute atomic E-state index is 12.5. The third-order valence-corrected chi connectivity index (χ3v) is 4.99. The highest BCUT2D eigenvalue weighted by Gasteiger charge is 2.49. The molecule has 0 spiro atoms. The molecular formula is C18H23N3O3. The minimum atomic E-state index is -0.233. The molecule has 1 aromatic rings. The van der Waals surface area contributed by atoms with Crippen LogP contribution in [0.1, 0.15) is 17.5 Å². The summed E-state index contributed by atoms with van der Waals surface area (Å²) in [6.45, 7) is 6.29. The second kappa shape index (κ2) is 6.63. The van der Waals surface area contributed by atoms with E-state index in [1.807, 2.05) is 32.0 Å². The highest BCUT2D eigenvalue weighted by Crippen LogP contribution is 2.41. The summed E-state index contributed by atoms with van der Waals surface area (Å²) in [5, 5.41) is 2.91. The molecule has 3 amide bonds. The van der Waals surface area contributed by atoms with Gasteiger partial charge in [-0.3, -0.25) is 14.4 Å². The second-order valence-electron chi connectivity index (χ2n) is 6.70. The van der Waals surface area contributed by atoms with Crippen LogP contribution in [0.15, 0.2) is 18.2 Å². The Bertz CT molecular complexity index is 665. The molecule has 1 aromatic carbocycles. The SMILES string of the molecule is Cc1ccc(NC(=O)C2CC2C(=O)N2CCN(C=O)CC2)cc1C. The van der Waals surface area contributed by atoms with E-state index >= 15 is 0 Å². The topological polar surface area (TPSA) is 69.7 Å². The van der Waals surface area contributed by atoms with Crippen molar-refractivity contribution in [2.75, 3.05) is 31.5 Å². The molecule has 0 radical (unpaired) electrons. The van der Waals surface area contributed by atoms with Gasteiger partial charge in [0.15, 0.2) is 0 Å². The Morgan fingerprint density at radius 3 is 2.42 bits per heavy atom. The van der Waals surface area contributed by atoms with E-state index in [0.717, 1.165) is 17.7 Å². The average Bonchev–Trinajstić information content (AvgIpc) is 3.38. The summed E-state index contributed by atoms with van der Waals surface area (Å²) in [5.74, 6) is -0.480. The van der Waals surface area contributed by atoms with Gasteiger partial charge in [0.2, 0.25) is 18.2 Å². The van der Waals surface area contributed by atoms with E-state index in [1.54, 1.807) is 9.80 Å². The van der Waals surface area contributed by atoms with Crippen LogP contribution in [0.5, 0.6) is 0 Å². The van der Waals surface area contributed by atoms with Gasteiger partial charge in [0.1, 0.15) is 0 Å². The summed E-state index contributed by atoms with van der Waals surface area (Å²) in [5.41, 5.74) is 3.09. The van der Waals surface area contributed by atoms with Crippen molar-refractivity contribution in [2.45, 2.75) is 20.3 Å². The number of nitrogens with one attached hydrogen (secondary N) is 1. The summed E-state index contributed by atoms with van der Waals surface area (Å²) in [7, 11) is 0. The average molecular weight is 329 g/mol. The lowest BCUT2D eigenvalue weighted by atomic mass is 10.1. The number of nitrogens with zero attached hydrogens (tertiary/aromatic N) is 2. The molecule has 0 aromatic heterocycles. The van der Waals surface area contributed by atoms with Crippen LogP contribution in [0.3, 0.4) is 0 Å². The van der Waals surface area contributed by atoms with Crippen molar-refractivity contribution in [3.05, 3.63) is 29.3 Å². The zero-order valence-electron chi connectivity index (χ0n) is 14.1. The Labute approximate surface area is 141 Å². The van der Waals surface area contributed by atoms with Gasteiger partial charge in [0.25, 0.3) is 0 Å². The molecule has 1 aliphatic carbocycles. The van der Waals surface area contributed by atoms with Crippen LogP contribution in [-0.2, 0) is 14.4 Å². The van der Waals surface area contributed by atoms with E-state index < -0.39 is 0 Å². The number of piperazine rings is 1. The fourth-order valence-corrected chi connectivity index (χ4v) is 3.09. The lowest BCUT2D eigenvalue weighted by molar-refractivity contribution is -0.137. The fraction of sp³-hybridized carbons (Fsp3) is 0.500. The first kappa shape index (κ1) is 16.5. The van der Waals surface area contributed by atoms with Gasteiger partial charge in [-0.2, -0.15) is 0 Å². The third-order valence-electron chi connectivity index (χ3n) is 4.99. The molecule has 0 bridgehead atoms. The maximum atomic E-state index is 12.5. The number of amides is 3. The van der Waals surface area contributed by atoms with Crippen molar-refractivity contribution in [1.82, 2.24) is 9.80 Å². The number of aryl methyl sites for hydroxylation is 2. The minimum absolute atomic E-state index is 0.0424. The van der Waals surface area contributed by atoms with Crippen LogP contribution in [0, 0.1) is 25.7 Å². The molecule has 128 valence electrons. The molecule has 1 saturated heterocycles. The normalized spacial score (nSPS) is 22.9. The van der Waals surface area contributed by atoms with Crippen LogP contribution in [0.4, 0.5) is 5.69 Å². The molecule has 6 nitrogen and oxygen atoms in total. The fourth-order valence-electron chi connectivity index (χ4n) is 3.09. The van der Waals surface area contributed by atoms with E-state index in [-0.39, 0.29) is 23.7 Å². The van der Waals surface area contributed by atoms with Gasteiger partial charge >= 0.3 is 0 Å². The molecule has 1 saturated carbocycles. The van der Waals surface area contributed by atoms with Gasteiger partial charge in [-0.15, -0.1) is 0 Å². The number of benzene rings is 1. The Kier molecular flexibility index (Phi) is 4.55. The summed E-state index contributed by atoms with van der Waals surface area (Å²) >= 11 is 0. The number of anilines is 1. The van der Waals surface area contributed by atoms with Crippen LogP contribution >= 0.6 is 0 Å². The predicted octanol–water partition coefficient (Wildman–Crippen LogP) is 1.18. The summed E-state index contributed by atoms with van der Waals surface area (Å²) in [6.07, 6.45) is 1.43. The van der Waals surface area contributed by atoms with E-state index in [4.69, 9.17) is 0 Å². The van der Waals surface area contributed by atoms with Gasteiger partial charge in [-0.25, -0.2) is 0 Å². The zero-order valence-corrected chi connectivity index (χ0v) is 14.1. The first-order valence-electron chi connectivity index (χ1n) is 8.36. The van der Waals surface area contributed by atoms with E-state index in [1.165, 1.54) is 5.56 Å². The Morgan fingerprint density at radius 1 is 1.08 bits per heavy atom. The van der Waals surface area contributed by atoms with E-state index in [2.05, 4.69) is 5.32 Å². The van der Waals surface area contributed by atoms with Crippen molar-refractivity contribution >= 4 is 23.9 Å². The third kappa shape index (κ3) is 3.42. The molecule has 2 fully saturated rings. The van der Waals surface area contributed by atoms with Crippen LogP contribution in [-0.4, -0.2) is 54.2 Å². The summed E-state index contributed by atoms with van der Waals surface area (Å²) in [6, 6.07) is 5.82. The lowest BCUT2D eigenvalue weighted by Gasteiger charge is -2.32. The quantitative estimate of drug-likeness (QED) is 0.843. The van der Waals surface area contributed by atoms with Crippen molar-refractivity contribution in [3.8, 4) is 0 Å². The largest absolute Gasteiger partial charge is 0.342 e. The van der Waals surface area contributed by atoms with Gasteiger partial charge in [0.05, 0.1) is 11.8 Å². The molecule has 6 heteroatoms. The molecule has 1 aliphatic heterocycles. The monoisotopic (exact) mass is 329 g/mol. The molecule has 2 unspecified atom stereocenters. The van der Waals surface area contributed by atoms with Gasteiger partial charge < -0.3 is 15.1 Å². The number of hydrogen-bond donors (Lipinski definition) is 1. The molecule has 3 rings (SSSR count). The smallest absolute Gasteiger partial charge is 0.228 e. The molecule has 1 N–H and O–H groups in total. The van der Waals surface area contributed by atoms with E-state index in [9.17, 15) is 14.4 Å². The summed E-state index contributed by atoms with van der Waals surface area (Å²) in [4.78, 5) is 38.9. The first-order chi connectivity index (χ1) is 11.5. The zero-order chi connectivity index (χ0) is 17.3. The predicted molar refractivity (Wildman–Crippen MR) is 90.4 cm³/mol. The molecular weight excluding hydrogens is 306 g/mol. The van der Waals surface area contributed by atoms with Crippen molar-refractivity contribution < 1.29 is 14.4 Å². The lowest BCUT2D eigenvalue weighted by Crippen LogP contribution is -2.48. The van der Waals surface area contributed by atoms with Crippen molar-refractivity contribution in [2.24, 2.45) is 11.8 Å². The number of rotatable bonds is 4. The maximum Gasteiger partial charge on any atom is 0.228 e. The first-order valence-corrected chi connectivity index (χ1v) is 8.36. The molecule has 24 heavy (non-hydrogen) atoms. The highest BCUT2D eigenvalue weighted by atomic mass is 16.2.